The smallest absolute Gasteiger partial charge is 0.224 e. The summed E-state index contributed by atoms with van der Waals surface area (Å²) in [4.78, 5) is 11.9. The standard InChI is InChI=1S/C16H20FN3O/c1-4-20-12(3)15(11(2)19-20)10-18-16(21)9-13-5-7-14(17)8-6-13/h5-8H,4,9-10H2,1-3H3,(H,18,21). The molecule has 0 aliphatic rings. The number of benzene rings is 1. The predicted molar refractivity (Wildman–Crippen MR) is 79.3 cm³/mol. The maximum absolute atomic E-state index is 12.8. The van der Waals surface area contributed by atoms with E-state index >= 15 is 0 Å². The Labute approximate surface area is 124 Å². The molecule has 0 radical (unpaired) electrons. The molecular formula is C16H20FN3O. The van der Waals surface area contributed by atoms with E-state index in [1.54, 1.807) is 12.1 Å². The van der Waals surface area contributed by atoms with E-state index in [9.17, 15) is 9.18 Å². The first-order valence-corrected chi connectivity index (χ1v) is 7.05. The molecule has 1 heterocycles. The van der Waals surface area contributed by atoms with Gasteiger partial charge in [-0.1, -0.05) is 12.1 Å². The molecule has 2 aromatic rings. The molecule has 0 aliphatic heterocycles. The molecule has 1 aromatic heterocycles. The van der Waals surface area contributed by atoms with Crippen molar-refractivity contribution in [3.8, 4) is 0 Å². The summed E-state index contributed by atoms with van der Waals surface area (Å²) in [6, 6.07) is 5.98. The molecule has 1 N–H and O–H groups in total. The van der Waals surface area contributed by atoms with Gasteiger partial charge in [-0.15, -0.1) is 0 Å². The van der Waals surface area contributed by atoms with Crippen LogP contribution in [0.3, 0.4) is 0 Å². The third-order valence-corrected chi connectivity index (χ3v) is 3.57. The minimum Gasteiger partial charge on any atom is -0.352 e. The van der Waals surface area contributed by atoms with E-state index in [-0.39, 0.29) is 18.1 Å². The second-order valence-corrected chi connectivity index (χ2v) is 5.05. The van der Waals surface area contributed by atoms with E-state index in [4.69, 9.17) is 0 Å². The number of amides is 1. The van der Waals surface area contributed by atoms with Crippen LogP contribution in [0.15, 0.2) is 24.3 Å². The number of carbonyl (C=O) groups is 1. The molecule has 2 rings (SSSR count). The predicted octanol–water partition coefficient (Wildman–Crippen LogP) is 2.52. The van der Waals surface area contributed by atoms with Crippen molar-refractivity contribution in [3.63, 3.8) is 0 Å². The number of hydrogen-bond acceptors (Lipinski definition) is 2. The van der Waals surface area contributed by atoms with Crippen LogP contribution in [0.4, 0.5) is 4.39 Å². The van der Waals surface area contributed by atoms with E-state index in [0.717, 1.165) is 29.1 Å². The zero-order valence-electron chi connectivity index (χ0n) is 12.6. The summed E-state index contributed by atoms with van der Waals surface area (Å²) < 4.78 is 14.7. The summed E-state index contributed by atoms with van der Waals surface area (Å²) in [5.41, 5.74) is 3.88. The van der Waals surface area contributed by atoms with Crippen molar-refractivity contribution in [2.24, 2.45) is 0 Å². The highest BCUT2D eigenvalue weighted by Crippen LogP contribution is 2.12. The molecular weight excluding hydrogens is 269 g/mol. The first-order chi connectivity index (χ1) is 10.0. The monoisotopic (exact) mass is 289 g/mol. The quantitative estimate of drug-likeness (QED) is 0.919. The highest BCUT2D eigenvalue weighted by atomic mass is 19.1. The second-order valence-electron chi connectivity index (χ2n) is 5.05. The summed E-state index contributed by atoms with van der Waals surface area (Å²) >= 11 is 0. The summed E-state index contributed by atoms with van der Waals surface area (Å²) in [6.07, 6.45) is 0.250. The van der Waals surface area contributed by atoms with Gasteiger partial charge in [0.15, 0.2) is 0 Å². The molecule has 0 unspecified atom stereocenters. The van der Waals surface area contributed by atoms with E-state index < -0.39 is 0 Å². The molecule has 0 saturated carbocycles. The first-order valence-electron chi connectivity index (χ1n) is 7.05. The highest BCUT2D eigenvalue weighted by molar-refractivity contribution is 5.78. The third kappa shape index (κ3) is 3.68. The van der Waals surface area contributed by atoms with Gasteiger partial charge in [0.1, 0.15) is 5.82 Å². The zero-order valence-corrected chi connectivity index (χ0v) is 12.6. The number of halogens is 1. The average Bonchev–Trinajstić information content (AvgIpc) is 2.74. The number of carbonyl (C=O) groups excluding carboxylic acids is 1. The summed E-state index contributed by atoms with van der Waals surface area (Å²) in [5.74, 6) is -0.373. The van der Waals surface area contributed by atoms with Crippen LogP contribution in [0, 0.1) is 19.7 Å². The van der Waals surface area contributed by atoms with Gasteiger partial charge in [0, 0.05) is 24.3 Å². The number of hydrogen-bond donors (Lipinski definition) is 1. The number of nitrogens with zero attached hydrogens (tertiary/aromatic N) is 2. The summed E-state index contributed by atoms with van der Waals surface area (Å²) in [5, 5.41) is 7.32. The van der Waals surface area contributed by atoms with Crippen molar-refractivity contribution in [1.82, 2.24) is 15.1 Å². The SMILES string of the molecule is CCn1nc(C)c(CNC(=O)Cc2ccc(F)cc2)c1C. The van der Waals surface area contributed by atoms with Gasteiger partial charge < -0.3 is 5.32 Å². The lowest BCUT2D eigenvalue weighted by molar-refractivity contribution is -0.120. The Kier molecular flexibility index (Phi) is 4.73. The fourth-order valence-electron chi connectivity index (χ4n) is 2.33. The van der Waals surface area contributed by atoms with Gasteiger partial charge in [-0.2, -0.15) is 5.10 Å². The maximum Gasteiger partial charge on any atom is 0.224 e. The number of nitrogens with one attached hydrogen (secondary N) is 1. The molecule has 4 nitrogen and oxygen atoms in total. The van der Waals surface area contributed by atoms with Crippen LogP contribution in [0.25, 0.3) is 0 Å². The second kappa shape index (κ2) is 6.52. The van der Waals surface area contributed by atoms with E-state index in [1.165, 1.54) is 12.1 Å². The Bertz CT molecular complexity index is 632. The van der Waals surface area contributed by atoms with Crippen LogP contribution in [0.2, 0.25) is 0 Å². The number of rotatable bonds is 5. The number of aryl methyl sites for hydroxylation is 2. The van der Waals surface area contributed by atoms with Gasteiger partial charge in [0.25, 0.3) is 0 Å². The Morgan fingerprint density at radius 2 is 1.95 bits per heavy atom. The van der Waals surface area contributed by atoms with Crippen LogP contribution >= 0.6 is 0 Å². The van der Waals surface area contributed by atoms with Crippen molar-refractivity contribution in [1.29, 1.82) is 0 Å². The lowest BCUT2D eigenvalue weighted by Gasteiger charge is -2.06. The molecule has 0 spiro atoms. The molecule has 0 aliphatic carbocycles. The van der Waals surface area contributed by atoms with Crippen molar-refractivity contribution in [2.45, 2.75) is 40.3 Å². The molecule has 0 atom stereocenters. The minimum absolute atomic E-state index is 0.0790. The molecule has 0 bridgehead atoms. The third-order valence-electron chi connectivity index (χ3n) is 3.57. The molecule has 5 heteroatoms. The topological polar surface area (TPSA) is 46.9 Å². The average molecular weight is 289 g/mol. The van der Waals surface area contributed by atoms with Crippen molar-refractivity contribution in [3.05, 3.63) is 52.6 Å². The van der Waals surface area contributed by atoms with Crippen LogP contribution < -0.4 is 5.32 Å². The molecule has 0 fully saturated rings. The Morgan fingerprint density at radius 1 is 1.29 bits per heavy atom. The largest absolute Gasteiger partial charge is 0.352 e. The molecule has 112 valence electrons. The first kappa shape index (κ1) is 15.2. The molecule has 1 amide bonds. The highest BCUT2D eigenvalue weighted by Gasteiger charge is 2.11. The van der Waals surface area contributed by atoms with Crippen LogP contribution in [-0.2, 0) is 24.3 Å². The van der Waals surface area contributed by atoms with Gasteiger partial charge in [0.2, 0.25) is 5.91 Å². The Balaban J connectivity index is 1.95. The fourth-order valence-corrected chi connectivity index (χ4v) is 2.33. The lowest BCUT2D eigenvalue weighted by atomic mass is 10.1. The van der Waals surface area contributed by atoms with E-state index in [1.807, 2.05) is 25.5 Å². The summed E-state index contributed by atoms with van der Waals surface area (Å²) in [6.45, 7) is 7.27. The maximum atomic E-state index is 12.8. The minimum atomic E-state index is -0.294. The lowest BCUT2D eigenvalue weighted by Crippen LogP contribution is -2.25. The Morgan fingerprint density at radius 3 is 2.52 bits per heavy atom. The number of aromatic nitrogens is 2. The Hall–Kier alpha value is -2.17. The van der Waals surface area contributed by atoms with Gasteiger partial charge >= 0.3 is 0 Å². The van der Waals surface area contributed by atoms with E-state index in [2.05, 4.69) is 10.4 Å². The molecule has 1 aromatic carbocycles. The summed E-state index contributed by atoms with van der Waals surface area (Å²) in [7, 11) is 0. The normalized spacial score (nSPS) is 10.7. The molecule has 21 heavy (non-hydrogen) atoms. The van der Waals surface area contributed by atoms with Crippen LogP contribution in [-0.4, -0.2) is 15.7 Å². The van der Waals surface area contributed by atoms with Crippen molar-refractivity contribution < 1.29 is 9.18 Å². The van der Waals surface area contributed by atoms with Gasteiger partial charge in [-0.25, -0.2) is 4.39 Å². The van der Waals surface area contributed by atoms with Crippen molar-refractivity contribution >= 4 is 5.91 Å². The van der Waals surface area contributed by atoms with Gasteiger partial charge in [-0.05, 0) is 38.5 Å². The van der Waals surface area contributed by atoms with E-state index in [0.29, 0.717) is 6.54 Å². The van der Waals surface area contributed by atoms with Gasteiger partial charge in [0.05, 0.1) is 12.1 Å². The van der Waals surface area contributed by atoms with Crippen LogP contribution in [0.1, 0.15) is 29.4 Å². The zero-order chi connectivity index (χ0) is 15.4. The fraction of sp³-hybridized carbons (Fsp3) is 0.375. The van der Waals surface area contributed by atoms with Crippen LogP contribution in [0.5, 0.6) is 0 Å². The van der Waals surface area contributed by atoms with Gasteiger partial charge in [-0.3, -0.25) is 9.48 Å². The molecule has 0 saturated heterocycles. The van der Waals surface area contributed by atoms with Crippen molar-refractivity contribution in [2.75, 3.05) is 0 Å².